The second-order valence-corrected chi connectivity index (χ2v) is 5.14. The van der Waals surface area contributed by atoms with Crippen molar-refractivity contribution in [2.24, 2.45) is 0 Å². The predicted octanol–water partition coefficient (Wildman–Crippen LogP) is 2.97. The van der Waals surface area contributed by atoms with E-state index in [1.807, 2.05) is 41.8 Å². The van der Waals surface area contributed by atoms with E-state index in [1.165, 1.54) is 6.08 Å². The van der Waals surface area contributed by atoms with Crippen LogP contribution in [0.25, 0.3) is 6.08 Å². The molecule has 0 atom stereocenters. The maximum absolute atomic E-state index is 11.6. The van der Waals surface area contributed by atoms with Crippen LogP contribution in [0.1, 0.15) is 4.88 Å². The van der Waals surface area contributed by atoms with E-state index in [4.69, 9.17) is 9.47 Å². The lowest BCUT2D eigenvalue weighted by atomic mass is 10.3. The molecule has 4 nitrogen and oxygen atoms in total. The molecule has 5 heteroatoms. The number of carbonyl (C=O) groups excluding carboxylic acids is 1. The Balaban J connectivity index is 1.65. The van der Waals surface area contributed by atoms with E-state index in [2.05, 4.69) is 5.32 Å². The van der Waals surface area contributed by atoms with Crippen LogP contribution in [0.4, 0.5) is 0 Å². The van der Waals surface area contributed by atoms with Crippen LogP contribution in [-0.2, 0) is 4.79 Å². The van der Waals surface area contributed by atoms with Crippen molar-refractivity contribution in [2.75, 3.05) is 20.3 Å². The van der Waals surface area contributed by atoms with Gasteiger partial charge in [0.05, 0.1) is 13.7 Å². The first-order valence-electron chi connectivity index (χ1n) is 6.54. The van der Waals surface area contributed by atoms with Crippen LogP contribution in [0.3, 0.4) is 0 Å². The summed E-state index contributed by atoms with van der Waals surface area (Å²) in [4.78, 5) is 12.6. The molecule has 0 saturated carbocycles. The zero-order valence-corrected chi connectivity index (χ0v) is 12.6. The number of nitrogens with one attached hydrogen (secondary N) is 1. The number of hydrogen-bond donors (Lipinski definition) is 1. The summed E-state index contributed by atoms with van der Waals surface area (Å²) < 4.78 is 10.6. The SMILES string of the molecule is COc1ccc(OCCNC(=O)/C=C/c2cccs2)cc1. The van der Waals surface area contributed by atoms with E-state index in [0.717, 1.165) is 16.4 Å². The van der Waals surface area contributed by atoms with E-state index >= 15 is 0 Å². The van der Waals surface area contributed by atoms with E-state index < -0.39 is 0 Å². The third-order valence-corrected chi connectivity index (χ3v) is 3.51. The van der Waals surface area contributed by atoms with Gasteiger partial charge in [0, 0.05) is 11.0 Å². The monoisotopic (exact) mass is 303 g/mol. The first kappa shape index (κ1) is 15.1. The average molecular weight is 303 g/mol. The molecule has 0 unspecified atom stereocenters. The van der Waals surface area contributed by atoms with Gasteiger partial charge in [0.2, 0.25) is 5.91 Å². The lowest BCUT2D eigenvalue weighted by Gasteiger charge is -2.07. The molecule has 0 bridgehead atoms. The molecule has 0 fully saturated rings. The van der Waals surface area contributed by atoms with Crippen LogP contribution in [0.15, 0.2) is 47.9 Å². The number of benzene rings is 1. The summed E-state index contributed by atoms with van der Waals surface area (Å²) in [5.74, 6) is 1.41. The van der Waals surface area contributed by atoms with Crippen molar-refractivity contribution >= 4 is 23.3 Å². The molecule has 0 saturated heterocycles. The minimum absolute atomic E-state index is 0.123. The maximum Gasteiger partial charge on any atom is 0.244 e. The van der Waals surface area contributed by atoms with Crippen LogP contribution < -0.4 is 14.8 Å². The van der Waals surface area contributed by atoms with Gasteiger partial charge in [0.15, 0.2) is 0 Å². The highest BCUT2D eigenvalue weighted by molar-refractivity contribution is 7.10. The Morgan fingerprint density at radius 3 is 2.67 bits per heavy atom. The highest BCUT2D eigenvalue weighted by atomic mass is 32.1. The van der Waals surface area contributed by atoms with Gasteiger partial charge in [-0.2, -0.15) is 0 Å². The fourth-order valence-electron chi connectivity index (χ4n) is 1.62. The number of ether oxygens (including phenoxy) is 2. The molecule has 21 heavy (non-hydrogen) atoms. The van der Waals surface area contributed by atoms with Gasteiger partial charge in [-0.3, -0.25) is 4.79 Å². The van der Waals surface area contributed by atoms with Crippen LogP contribution in [0.5, 0.6) is 11.5 Å². The number of methoxy groups -OCH3 is 1. The molecule has 110 valence electrons. The zero-order chi connectivity index (χ0) is 14.9. The Morgan fingerprint density at radius 1 is 1.24 bits per heavy atom. The molecule has 1 heterocycles. The summed E-state index contributed by atoms with van der Waals surface area (Å²) in [7, 11) is 1.62. The normalized spacial score (nSPS) is 10.5. The van der Waals surface area contributed by atoms with E-state index in [-0.39, 0.29) is 5.91 Å². The second-order valence-electron chi connectivity index (χ2n) is 4.16. The Morgan fingerprint density at radius 2 is 2.00 bits per heavy atom. The summed E-state index contributed by atoms with van der Waals surface area (Å²) in [5.41, 5.74) is 0. The van der Waals surface area contributed by atoms with Gasteiger partial charge in [-0.1, -0.05) is 6.07 Å². The van der Waals surface area contributed by atoms with Gasteiger partial charge in [-0.05, 0) is 41.8 Å². The quantitative estimate of drug-likeness (QED) is 0.632. The van der Waals surface area contributed by atoms with Crippen molar-refractivity contribution in [2.45, 2.75) is 0 Å². The summed E-state index contributed by atoms with van der Waals surface area (Å²) >= 11 is 1.59. The Bertz CT molecular complexity index is 576. The number of rotatable bonds is 7. The minimum atomic E-state index is -0.123. The molecule has 0 radical (unpaired) electrons. The molecule has 0 aliphatic rings. The fourth-order valence-corrected chi connectivity index (χ4v) is 2.24. The maximum atomic E-state index is 11.6. The van der Waals surface area contributed by atoms with Crippen LogP contribution >= 0.6 is 11.3 Å². The smallest absolute Gasteiger partial charge is 0.244 e. The number of carbonyl (C=O) groups is 1. The molecule has 0 spiro atoms. The molecule has 1 amide bonds. The van der Waals surface area contributed by atoms with Crippen molar-refractivity contribution in [3.8, 4) is 11.5 Å². The lowest BCUT2D eigenvalue weighted by Crippen LogP contribution is -2.26. The molecule has 2 rings (SSSR count). The number of thiophene rings is 1. The Hall–Kier alpha value is -2.27. The fraction of sp³-hybridized carbons (Fsp3) is 0.188. The van der Waals surface area contributed by atoms with Gasteiger partial charge < -0.3 is 14.8 Å². The van der Waals surface area contributed by atoms with Gasteiger partial charge in [-0.15, -0.1) is 11.3 Å². The predicted molar refractivity (Wildman–Crippen MR) is 84.9 cm³/mol. The average Bonchev–Trinajstić information content (AvgIpc) is 3.03. The summed E-state index contributed by atoms with van der Waals surface area (Å²) in [6.45, 7) is 0.880. The number of hydrogen-bond acceptors (Lipinski definition) is 4. The van der Waals surface area contributed by atoms with Crippen LogP contribution in [0, 0.1) is 0 Å². The first-order valence-corrected chi connectivity index (χ1v) is 7.42. The highest BCUT2D eigenvalue weighted by Gasteiger charge is 1.97. The van der Waals surface area contributed by atoms with E-state index in [9.17, 15) is 4.79 Å². The molecular weight excluding hydrogens is 286 g/mol. The molecule has 1 N–H and O–H groups in total. The van der Waals surface area contributed by atoms with Crippen molar-refractivity contribution in [3.05, 3.63) is 52.7 Å². The summed E-state index contributed by atoms with van der Waals surface area (Å²) in [6, 6.07) is 11.2. The molecule has 1 aromatic carbocycles. The highest BCUT2D eigenvalue weighted by Crippen LogP contribution is 2.16. The van der Waals surface area contributed by atoms with Crippen molar-refractivity contribution in [3.63, 3.8) is 0 Å². The van der Waals surface area contributed by atoms with Gasteiger partial charge in [-0.25, -0.2) is 0 Å². The molecule has 0 aliphatic carbocycles. The van der Waals surface area contributed by atoms with Crippen LogP contribution in [-0.4, -0.2) is 26.2 Å². The Kier molecular flexibility index (Phi) is 5.84. The molecular formula is C16H17NO3S. The van der Waals surface area contributed by atoms with Gasteiger partial charge in [0.25, 0.3) is 0 Å². The summed E-state index contributed by atoms with van der Waals surface area (Å²) in [5, 5.41) is 4.74. The van der Waals surface area contributed by atoms with Crippen LogP contribution in [0.2, 0.25) is 0 Å². The lowest BCUT2D eigenvalue weighted by molar-refractivity contribution is -0.116. The van der Waals surface area contributed by atoms with Crippen molar-refractivity contribution in [1.29, 1.82) is 0 Å². The molecule has 0 aliphatic heterocycles. The largest absolute Gasteiger partial charge is 0.497 e. The topological polar surface area (TPSA) is 47.6 Å². The van der Waals surface area contributed by atoms with E-state index in [1.54, 1.807) is 24.5 Å². The van der Waals surface area contributed by atoms with Gasteiger partial charge in [0.1, 0.15) is 18.1 Å². The van der Waals surface area contributed by atoms with Crippen molar-refractivity contribution < 1.29 is 14.3 Å². The zero-order valence-electron chi connectivity index (χ0n) is 11.7. The summed E-state index contributed by atoms with van der Waals surface area (Å²) in [6.07, 6.45) is 3.32. The molecule has 1 aromatic heterocycles. The first-order chi connectivity index (χ1) is 10.3. The van der Waals surface area contributed by atoms with Crippen molar-refractivity contribution in [1.82, 2.24) is 5.32 Å². The third kappa shape index (κ3) is 5.31. The third-order valence-electron chi connectivity index (χ3n) is 2.67. The van der Waals surface area contributed by atoms with Gasteiger partial charge >= 0.3 is 0 Å². The Labute approximate surface area is 128 Å². The minimum Gasteiger partial charge on any atom is -0.497 e. The second kappa shape index (κ2) is 8.11. The van der Waals surface area contributed by atoms with E-state index in [0.29, 0.717) is 13.2 Å². The standard InChI is InChI=1S/C16H17NO3S/c1-19-13-4-6-14(7-5-13)20-11-10-17-16(18)9-8-15-3-2-12-21-15/h2-9,12H,10-11H2,1H3,(H,17,18)/b9-8+. The number of amides is 1. The molecule has 2 aromatic rings.